The standard InChI is InChI=1S/C14H18N4O2/c1-10-17-12(11-5-4-6-16-7-11)8-18(10)9-14(2,3)20-13(15)19/h4-8H,9H2,1-3H3,(H2,15,19). The third-order valence-electron chi connectivity index (χ3n) is 2.86. The predicted molar refractivity (Wildman–Crippen MR) is 74.9 cm³/mol. The van der Waals surface area contributed by atoms with Gasteiger partial charge in [-0.3, -0.25) is 4.98 Å². The van der Waals surface area contributed by atoms with Crippen molar-refractivity contribution in [3.8, 4) is 11.3 Å². The van der Waals surface area contributed by atoms with Crippen molar-refractivity contribution < 1.29 is 9.53 Å². The summed E-state index contributed by atoms with van der Waals surface area (Å²) in [4.78, 5) is 19.5. The molecule has 0 bridgehead atoms. The number of hydrogen-bond acceptors (Lipinski definition) is 4. The van der Waals surface area contributed by atoms with Crippen LogP contribution in [0, 0.1) is 6.92 Å². The molecule has 6 nitrogen and oxygen atoms in total. The van der Waals surface area contributed by atoms with Crippen molar-refractivity contribution in [2.75, 3.05) is 0 Å². The van der Waals surface area contributed by atoms with Gasteiger partial charge in [0, 0.05) is 24.2 Å². The van der Waals surface area contributed by atoms with Crippen LogP contribution in [-0.4, -0.2) is 26.2 Å². The number of pyridine rings is 1. The van der Waals surface area contributed by atoms with Gasteiger partial charge in [-0.25, -0.2) is 9.78 Å². The molecule has 0 aliphatic rings. The van der Waals surface area contributed by atoms with Crippen LogP contribution in [0.25, 0.3) is 11.3 Å². The number of ether oxygens (including phenoxy) is 1. The summed E-state index contributed by atoms with van der Waals surface area (Å²) in [6.07, 6.45) is 4.62. The molecule has 0 aliphatic heterocycles. The van der Waals surface area contributed by atoms with Crippen molar-refractivity contribution in [1.29, 1.82) is 0 Å². The number of carbonyl (C=O) groups is 1. The second-order valence-corrected chi connectivity index (χ2v) is 5.22. The Kier molecular flexibility index (Phi) is 3.74. The van der Waals surface area contributed by atoms with Crippen LogP contribution in [0.4, 0.5) is 4.79 Å². The summed E-state index contributed by atoms with van der Waals surface area (Å²) in [7, 11) is 0. The maximum absolute atomic E-state index is 10.9. The predicted octanol–water partition coefficient (Wildman–Crippen LogP) is 2.13. The Hall–Kier alpha value is -2.37. The molecule has 2 aromatic rings. The van der Waals surface area contributed by atoms with Gasteiger partial charge in [-0.2, -0.15) is 0 Å². The second-order valence-electron chi connectivity index (χ2n) is 5.22. The Bertz CT molecular complexity index is 605. The van der Waals surface area contributed by atoms with Crippen molar-refractivity contribution in [3.63, 3.8) is 0 Å². The van der Waals surface area contributed by atoms with Gasteiger partial charge in [-0.1, -0.05) is 0 Å². The summed E-state index contributed by atoms with van der Waals surface area (Å²) in [6.45, 7) is 6.00. The number of amides is 1. The summed E-state index contributed by atoms with van der Waals surface area (Å²) < 4.78 is 7.03. The lowest BCUT2D eigenvalue weighted by Crippen LogP contribution is -2.35. The van der Waals surface area contributed by atoms with Gasteiger partial charge in [0.05, 0.1) is 12.2 Å². The zero-order valence-corrected chi connectivity index (χ0v) is 11.8. The number of nitrogens with zero attached hydrogens (tertiary/aromatic N) is 3. The van der Waals surface area contributed by atoms with Gasteiger partial charge < -0.3 is 15.0 Å². The molecule has 0 fully saturated rings. The number of nitrogens with two attached hydrogens (primary N) is 1. The lowest BCUT2D eigenvalue weighted by Gasteiger charge is -2.24. The van der Waals surface area contributed by atoms with Crippen LogP contribution in [-0.2, 0) is 11.3 Å². The van der Waals surface area contributed by atoms with E-state index in [0.717, 1.165) is 17.1 Å². The van der Waals surface area contributed by atoms with Crippen molar-refractivity contribution >= 4 is 6.09 Å². The molecule has 0 saturated carbocycles. The first-order chi connectivity index (χ1) is 9.37. The van der Waals surface area contributed by atoms with Crippen LogP contribution >= 0.6 is 0 Å². The van der Waals surface area contributed by atoms with Crippen LogP contribution in [0.1, 0.15) is 19.7 Å². The molecule has 0 unspecified atom stereocenters. The monoisotopic (exact) mass is 274 g/mol. The normalized spacial score (nSPS) is 11.3. The SMILES string of the molecule is Cc1nc(-c2cccnc2)cn1CC(C)(C)OC(N)=O. The first-order valence-corrected chi connectivity index (χ1v) is 6.30. The second kappa shape index (κ2) is 5.32. The molecule has 2 rings (SSSR count). The smallest absolute Gasteiger partial charge is 0.405 e. The lowest BCUT2D eigenvalue weighted by atomic mass is 10.1. The van der Waals surface area contributed by atoms with E-state index in [-0.39, 0.29) is 0 Å². The van der Waals surface area contributed by atoms with Gasteiger partial charge in [-0.05, 0) is 32.9 Å². The summed E-state index contributed by atoms with van der Waals surface area (Å²) >= 11 is 0. The summed E-state index contributed by atoms with van der Waals surface area (Å²) in [5.74, 6) is 0.838. The quantitative estimate of drug-likeness (QED) is 0.925. The highest BCUT2D eigenvalue weighted by Gasteiger charge is 2.23. The topological polar surface area (TPSA) is 83.0 Å². The molecule has 1 amide bonds. The maximum Gasteiger partial charge on any atom is 0.405 e. The minimum Gasteiger partial charge on any atom is -0.442 e. The molecule has 0 spiro atoms. The Morgan fingerprint density at radius 3 is 2.85 bits per heavy atom. The van der Waals surface area contributed by atoms with Gasteiger partial charge in [0.25, 0.3) is 0 Å². The highest BCUT2D eigenvalue weighted by atomic mass is 16.6. The average molecular weight is 274 g/mol. The van der Waals surface area contributed by atoms with E-state index in [1.165, 1.54) is 0 Å². The van der Waals surface area contributed by atoms with E-state index in [2.05, 4.69) is 9.97 Å². The number of aromatic nitrogens is 3. The fourth-order valence-corrected chi connectivity index (χ4v) is 2.04. The van der Waals surface area contributed by atoms with Crippen LogP contribution in [0.15, 0.2) is 30.7 Å². The largest absolute Gasteiger partial charge is 0.442 e. The highest BCUT2D eigenvalue weighted by molar-refractivity contribution is 5.65. The zero-order valence-electron chi connectivity index (χ0n) is 11.8. The van der Waals surface area contributed by atoms with E-state index in [1.54, 1.807) is 26.2 Å². The Balaban J connectivity index is 2.22. The molecule has 0 aromatic carbocycles. The zero-order chi connectivity index (χ0) is 14.8. The van der Waals surface area contributed by atoms with Crippen LogP contribution in [0.3, 0.4) is 0 Å². The third kappa shape index (κ3) is 3.34. The molecule has 6 heteroatoms. The molecule has 106 valence electrons. The number of hydrogen-bond donors (Lipinski definition) is 1. The van der Waals surface area contributed by atoms with Gasteiger partial charge in [-0.15, -0.1) is 0 Å². The average Bonchev–Trinajstić information content (AvgIpc) is 2.69. The van der Waals surface area contributed by atoms with Gasteiger partial charge >= 0.3 is 6.09 Å². The van der Waals surface area contributed by atoms with Crippen molar-refractivity contribution in [2.45, 2.75) is 32.9 Å². The van der Waals surface area contributed by atoms with E-state index in [9.17, 15) is 4.79 Å². The van der Waals surface area contributed by atoms with Crippen LogP contribution in [0.5, 0.6) is 0 Å². The number of rotatable bonds is 4. The molecule has 0 aliphatic carbocycles. The molecule has 0 saturated heterocycles. The summed E-state index contributed by atoms with van der Waals surface area (Å²) in [5, 5.41) is 0. The molecular formula is C14H18N4O2. The van der Waals surface area contributed by atoms with Crippen LogP contribution in [0.2, 0.25) is 0 Å². The van der Waals surface area contributed by atoms with Crippen LogP contribution < -0.4 is 5.73 Å². The fraction of sp³-hybridized carbons (Fsp3) is 0.357. The van der Waals surface area contributed by atoms with Crippen molar-refractivity contribution in [2.24, 2.45) is 5.73 Å². The maximum atomic E-state index is 10.9. The lowest BCUT2D eigenvalue weighted by molar-refractivity contribution is 0.0321. The van der Waals surface area contributed by atoms with Crippen molar-refractivity contribution in [1.82, 2.24) is 14.5 Å². The highest BCUT2D eigenvalue weighted by Crippen LogP contribution is 2.20. The number of primary amides is 1. The van der Waals surface area contributed by atoms with Gasteiger partial charge in [0.15, 0.2) is 0 Å². The van der Waals surface area contributed by atoms with Crippen molar-refractivity contribution in [3.05, 3.63) is 36.5 Å². The molecule has 0 radical (unpaired) electrons. The van der Waals surface area contributed by atoms with E-state index in [0.29, 0.717) is 6.54 Å². The Morgan fingerprint density at radius 2 is 2.25 bits per heavy atom. The first kappa shape index (κ1) is 14.0. The minimum atomic E-state index is -0.778. The molecule has 2 N–H and O–H groups in total. The summed E-state index contributed by atoms with van der Waals surface area (Å²) in [5.41, 5.74) is 6.17. The molecule has 20 heavy (non-hydrogen) atoms. The number of aryl methyl sites for hydroxylation is 1. The summed E-state index contributed by atoms with van der Waals surface area (Å²) in [6, 6.07) is 3.81. The fourth-order valence-electron chi connectivity index (χ4n) is 2.04. The van der Waals surface area contributed by atoms with E-state index >= 15 is 0 Å². The Morgan fingerprint density at radius 1 is 1.50 bits per heavy atom. The van der Waals surface area contributed by atoms with E-state index in [4.69, 9.17) is 10.5 Å². The molecule has 0 atom stereocenters. The van der Waals surface area contributed by atoms with E-state index < -0.39 is 11.7 Å². The third-order valence-corrected chi connectivity index (χ3v) is 2.86. The number of imidazole rings is 1. The Labute approximate surface area is 117 Å². The molecular weight excluding hydrogens is 256 g/mol. The van der Waals surface area contributed by atoms with E-state index in [1.807, 2.05) is 29.8 Å². The first-order valence-electron chi connectivity index (χ1n) is 6.30. The molecule has 2 aromatic heterocycles. The molecule has 2 heterocycles. The minimum absolute atomic E-state index is 0.481. The number of carbonyl (C=O) groups excluding carboxylic acids is 1. The van der Waals surface area contributed by atoms with Gasteiger partial charge in [0.1, 0.15) is 11.4 Å². The van der Waals surface area contributed by atoms with Gasteiger partial charge in [0.2, 0.25) is 0 Å².